The minimum atomic E-state index is 0.697. The molecule has 1 aromatic rings. The maximum atomic E-state index is 5.68. The van der Waals surface area contributed by atoms with Gasteiger partial charge < -0.3 is 10.2 Å². The second-order valence-electron chi connectivity index (χ2n) is 6.11. The highest BCUT2D eigenvalue weighted by molar-refractivity contribution is 4.98. The van der Waals surface area contributed by atoms with Crippen LogP contribution in [0.2, 0.25) is 0 Å². The predicted molar refractivity (Wildman–Crippen MR) is 78.8 cm³/mol. The van der Waals surface area contributed by atoms with Crippen molar-refractivity contribution < 1.29 is 4.42 Å². The van der Waals surface area contributed by atoms with Crippen molar-refractivity contribution in [1.29, 1.82) is 0 Å². The largest absolute Gasteiger partial charge is 0.468 e. The second kappa shape index (κ2) is 7.11. The van der Waals surface area contributed by atoms with Crippen LogP contribution in [0.4, 0.5) is 0 Å². The summed E-state index contributed by atoms with van der Waals surface area (Å²) in [6.07, 6.45) is 6.81. The SMILES string of the molecule is C[C@H]1CC[C@@H](N(CCCN)Cc2ccco2)C[C@@H]1C. The van der Waals surface area contributed by atoms with Gasteiger partial charge in [-0.1, -0.05) is 13.8 Å². The summed E-state index contributed by atoms with van der Waals surface area (Å²) < 4.78 is 5.51. The maximum Gasteiger partial charge on any atom is 0.117 e. The smallest absolute Gasteiger partial charge is 0.117 e. The average molecular weight is 264 g/mol. The van der Waals surface area contributed by atoms with Crippen molar-refractivity contribution in [2.75, 3.05) is 13.1 Å². The van der Waals surface area contributed by atoms with Crippen LogP contribution in [0.15, 0.2) is 22.8 Å². The van der Waals surface area contributed by atoms with Crippen molar-refractivity contribution in [1.82, 2.24) is 4.90 Å². The zero-order valence-electron chi connectivity index (χ0n) is 12.3. The lowest BCUT2D eigenvalue weighted by molar-refractivity contribution is 0.0957. The van der Waals surface area contributed by atoms with Gasteiger partial charge in [-0.2, -0.15) is 0 Å². The van der Waals surface area contributed by atoms with E-state index in [1.807, 2.05) is 6.07 Å². The van der Waals surface area contributed by atoms with Crippen LogP contribution in [-0.4, -0.2) is 24.0 Å². The summed E-state index contributed by atoms with van der Waals surface area (Å²) >= 11 is 0. The number of nitrogens with zero attached hydrogens (tertiary/aromatic N) is 1. The van der Waals surface area contributed by atoms with Crippen LogP contribution in [0.25, 0.3) is 0 Å². The molecule has 1 aromatic heterocycles. The second-order valence-corrected chi connectivity index (χ2v) is 6.11. The summed E-state index contributed by atoms with van der Waals surface area (Å²) in [5, 5.41) is 0. The molecular formula is C16H28N2O. The Bertz CT molecular complexity index is 350. The minimum Gasteiger partial charge on any atom is -0.468 e. The molecule has 0 aromatic carbocycles. The molecule has 2 rings (SSSR count). The van der Waals surface area contributed by atoms with Crippen molar-refractivity contribution in [2.45, 2.75) is 52.1 Å². The maximum absolute atomic E-state index is 5.68. The number of hydrogen-bond donors (Lipinski definition) is 1. The number of furan rings is 1. The zero-order valence-corrected chi connectivity index (χ0v) is 12.3. The predicted octanol–water partition coefficient (Wildman–Crippen LogP) is 3.26. The van der Waals surface area contributed by atoms with Gasteiger partial charge in [0.2, 0.25) is 0 Å². The van der Waals surface area contributed by atoms with Crippen molar-refractivity contribution in [3.63, 3.8) is 0 Å². The number of hydrogen-bond acceptors (Lipinski definition) is 3. The van der Waals surface area contributed by atoms with E-state index in [9.17, 15) is 0 Å². The van der Waals surface area contributed by atoms with Crippen molar-refractivity contribution in [3.8, 4) is 0 Å². The molecule has 0 spiro atoms. The van der Waals surface area contributed by atoms with E-state index in [-0.39, 0.29) is 0 Å². The molecule has 19 heavy (non-hydrogen) atoms. The Morgan fingerprint density at radius 3 is 2.79 bits per heavy atom. The fraction of sp³-hybridized carbons (Fsp3) is 0.750. The normalized spacial score (nSPS) is 27.9. The molecule has 3 atom stereocenters. The van der Waals surface area contributed by atoms with Gasteiger partial charge in [-0.05, 0) is 56.2 Å². The first-order valence-corrected chi connectivity index (χ1v) is 7.67. The summed E-state index contributed by atoms with van der Waals surface area (Å²) in [7, 11) is 0. The van der Waals surface area contributed by atoms with E-state index in [0.29, 0.717) is 6.04 Å². The Kier molecular flexibility index (Phi) is 5.46. The lowest BCUT2D eigenvalue weighted by Crippen LogP contribution is -2.40. The molecule has 1 aliphatic rings. The molecule has 1 aliphatic carbocycles. The molecule has 3 nitrogen and oxygen atoms in total. The van der Waals surface area contributed by atoms with E-state index in [4.69, 9.17) is 10.2 Å². The van der Waals surface area contributed by atoms with Gasteiger partial charge in [-0.25, -0.2) is 0 Å². The Morgan fingerprint density at radius 2 is 2.16 bits per heavy atom. The lowest BCUT2D eigenvalue weighted by Gasteiger charge is -2.39. The Morgan fingerprint density at radius 1 is 1.32 bits per heavy atom. The van der Waals surface area contributed by atoms with E-state index in [0.717, 1.165) is 43.7 Å². The van der Waals surface area contributed by atoms with Crippen LogP contribution in [0.3, 0.4) is 0 Å². The molecule has 1 heterocycles. The van der Waals surface area contributed by atoms with Gasteiger partial charge in [0.15, 0.2) is 0 Å². The molecule has 2 N–H and O–H groups in total. The highest BCUT2D eigenvalue weighted by atomic mass is 16.3. The van der Waals surface area contributed by atoms with E-state index >= 15 is 0 Å². The van der Waals surface area contributed by atoms with E-state index < -0.39 is 0 Å². The van der Waals surface area contributed by atoms with Crippen LogP contribution < -0.4 is 5.73 Å². The molecule has 0 saturated heterocycles. The van der Waals surface area contributed by atoms with Crippen LogP contribution in [-0.2, 0) is 6.54 Å². The Balaban J connectivity index is 1.96. The van der Waals surface area contributed by atoms with Crippen LogP contribution in [0.5, 0.6) is 0 Å². The summed E-state index contributed by atoms with van der Waals surface area (Å²) in [6.45, 7) is 7.57. The number of nitrogens with two attached hydrogens (primary N) is 1. The standard InChI is InChI=1S/C16H28N2O/c1-13-6-7-15(11-14(13)2)18(9-4-8-17)12-16-5-3-10-19-16/h3,5,10,13-15H,4,6-9,11-12,17H2,1-2H3/t13-,14-,15+/m0/s1. The summed E-state index contributed by atoms with van der Waals surface area (Å²) in [4.78, 5) is 2.58. The zero-order chi connectivity index (χ0) is 13.7. The minimum absolute atomic E-state index is 0.697. The van der Waals surface area contributed by atoms with E-state index in [1.165, 1.54) is 19.3 Å². The van der Waals surface area contributed by atoms with Crippen molar-refractivity contribution >= 4 is 0 Å². The summed E-state index contributed by atoms with van der Waals surface area (Å²) in [5.74, 6) is 2.77. The van der Waals surface area contributed by atoms with Gasteiger partial charge in [0.05, 0.1) is 12.8 Å². The fourth-order valence-corrected chi connectivity index (χ4v) is 3.14. The quantitative estimate of drug-likeness (QED) is 0.857. The van der Waals surface area contributed by atoms with Crippen LogP contribution in [0, 0.1) is 11.8 Å². The highest BCUT2D eigenvalue weighted by Gasteiger charge is 2.28. The average Bonchev–Trinajstić information content (AvgIpc) is 2.91. The van der Waals surface area contributed by atoms with Gasteiger partial charge in [0, 0.05) is 12.6 Å². The van der Waals surface area contributed by atoms with Gasteiger partial charge in [-0.15, -0.1) is 0 Å². The van der Waals surface area contributed by atoms with Gasteiger partial charge in [0.1, 0.15) is 5.76 Å². The molecule has 1 fully saturated rings. The molecule has 1 saturated carbocycles. The first-order chi connectivity index (χ1) is 9.20. The highest BCUT2D eigenvalue weighted by Crippen LogP contribution is 2.32. The molecule has 0 aliphatic heterocycles. The van der Waals surface area contributed by atoms with E-state index in [1.54, 1.807) is 6.26 Å². The number of rotatable bonds is 6. The molecule has 0 radical (unpaired) electrons. The third kappa shape index (κ3) is 4.08. The summed E-state index contributed by atoms with van der Waals surface area (Å²) in [5.41, 5.74) is 5.68. The fourth-order valence-electron chi connectivity index (χ4n) is 3.14. The van der Waals surface area contributed by atoms with Crippen LogP contribution >= 0.6 is 0 Å². The third-order valence-electron chi connectivity index (χ3n) is 4.68. The monoisotopic (exact) mass is 264 g/mol. The molecule has 0 bridgehead atoms. The van der Waals surface area contributed by atoms with Gasteiger partial charge >= 0.3 is 0 Å². The van der Waals surface area contributed by atoms with Gasteiger partial charge in [0.25, 0.3) is 0 Å². The lowest BCUT2D eigenvalue weighted by atomic mass is 9.78. The Hall–Kier alpha value is -0.800. The molecular weight excluding hydrogens is 236 g/mol. The third-order valence-corrected chi connectivity index (χ3v) is 4.68. The molecule has 0 amide bonds. The van der Waals surface area contributed by atoms with Crippen LogP contribution in [0.1, 0.15) is 45.3 Å². The first kappa shape index (κ1) is 14.6. The first-order valence-electron chi connectivity index (χ1n) is 7.67. The van der Waals surface area contributed by atoms with E-state index in [2.05, 4.69) is 24.8 Å². The van der Waals surface area contributed by atoms with Crippen molar-refractivity contribution in [2.24, 2.45) is 17.6 Å². The van der Waals surface area contributed by atoms with Gasteiger partial charge in [-0.3, -0.25) is 4.90 Å². The summed E-state index contributed by atoms with van der Waals surface area (Å²) in [6, 6.07) is 4.75. The molecule has 108 valence electrons. The Labute approximate surface area is 117 Å². The molecule has 0 unspecified atom stereocenters. The molecule has 3 heteroatoms. The van der Waals surface area contributed by atoms with Crippen molar-refractivity contribution in [3.05, 3.63) is 24.2 Å². The topological polar surface area (TPSA) is 42.4 Å².